The second-order valence-electron chi connectivity index (χ2n) is 16.3. The van der Waals surface area contributed by atoms with Gasteiger partial charge in [0, 0.05) is 24.5 Å². The Bertz CT molecular complexity index is 1570. The molecule has 6 atom stereocenters. The van der Waals surface area contributed by atoms with Crippen LogP contribution in [-0.2, 0) is 24.0 Å². The molecule has 4 aliphatic rings. The van der Waals surface area contributed by atoms with E-state index in [1.807, 2.05) is 27.7 Å². The number of amides is 6. The van der Waals surface area contributed by atoms with Gasteiger partial charge in [0.05, 0.1) is 6.04 Å². The highest BCUT2D eigenvalue weighted by Gasteiger charge is 2.51. The monoisotopic (exact) mass is 736 g/mol. The average molecular weight is 737 g/mol. The molecule has 1 aromatic rings. The van der Waals surface area contributed by atoms with Crippen molar-refractivity contribution in [2.45, 2.75) is 154 Å². The summed E-state index contributed by atoms with van der Waals surface area (Å²) in [6.45, 7) is 7.37. The Morgan fingerprint density at radius 1 is 0.849 bits per heavy atom. The van der Waals surface area contributed by atoms with E-state index in [0.717, 1.165) is 51.4 Å². The number of aromatic nitrogens is 2. The van der Waals surface area contributed by atoms with Gasteiger partial charge in [-0.3, -0.25) is 33.6 Å². The van der Waals surface area contributed by atoms with Gasteiger partial charge in [-0.05, 0) is 68.6 Å². The molecular formula is C38H56N8O7. The van der Waals surface area contributed by atoms with Crippen LogP contribution < -0.4 is 27.0 Å². The molecule has 53 heavy (non-hydrogen) atoms. The van der Waals surface area contributed by atoms with E-state index in [9.17, 15) is 33.6 Å². The van der Waals surface area contributed by atoms with Gasteiger partial charge in [-0.25, -0.2) is 9.97 Å². The fraction of sp³-hybridized carbons (Fsp3) is 0.711. The van der Waals surface area contributed by atoms with Crippen LogP contribution in [0.5, 0.6) is 0 Å². The zero-order chi connectivity index (χ0) is 38.4. The van der Waals surface area contributed by atoms with Crippen molar-refractivity contribution < 1.29 is 33.6 Å². The number of carbonyl (C=O) groups excluding carboxylic acids is 7. The summed E-state index contributed by atoms with van der Waals surface area (Å²) in [4.78, 5) is 104. The van der Waals surface area contributed by atoms with Crippen molar-refractivity contribution in [2.75, 3.05) is 0 Å². The zero-order valence-electron chi connectivity index (χ0n) is 31.4. The Kier molecular flexibility index (Phi) is 12.9. The molecule has 15 nitrogen and oxygen atoms in total. The zero-order valence-corrected chi connectivity index (χ0v) is 31.4. The number of primary amides is 1. The third-order valence-corrected chi connectivity index (χ3v) is 11.2. The van der Waals surface area contributed by atoms with Crippen LogP contribution in [-0.4, -0.2) is 92.3 Å². The van der Waals surface area contributed by atoms with Crippen molar-refractivity contribution in [1.29, 1.82) is 0 Å². The first kappa shape index (κ1) is 39.8. The normalized spacial score (nSPS) is 23.5. The molecule has 2 heterocycles. The van der Waals surface area contributed by atoms with Gasteiger partial charge in [0.1, 0.15) is 18.1 Å². The van der Waals surface area contributed by atoms with E-state index in [2.05, 4.69) is 31.2 Å². The van der Waals surface area contributed by atoms with E-state index in [1.165, 1.54) is 12.4 Å². The van der Waals surface area contributed by atoms with Crippen molar-refractivity contribution in [1.82, 2.24) is 36.1 Å². The van der Waals surface area contributed by atoms with Crippen molar-refractivity contribution in [3.8, 4) is 0 Å². The molecule has 0 bridgehead atoms. The molecule has 6 amide bonds. The predicted octanol–water partition coefficient (Wildman–Crippen LogP) is 2.08. The topological polar surface area (TPSA) is 223 Å². The smallest absolute Gasteiger partial charge is 0.289 e. The Hall–Kier alpha value is -4.43. The molecule has 1 saturated heterocycles. The van der Waals surface area contributed by atoms with E-state index in [-0.39, 0.29) is 41.7 Å². The number of nitrogens with one attached hydrogen (secondary N) is 4. The Balaban J connectivity index is 1.40. The highest BCUT2D eigenvalue weighted by Crippen LogP contribution is 2.41. The number of nitrogens with two attached hydrogens (primary N) is 1. The van der Waals surface area contributed by atoms with Gasteiger partial charge in [0.25, 0.3) is 17.7 Å². The average Bonchev–Trinajstić information content (AvgIpc) is 3.87. The Labute approximate surface area is 311 Å². The van der Waals surface area contributed by atoms with Gasteiger partial charge < -0.3 is 31.9 Å². The number of fused-ring (bicyclic) bond motifs is 1. The molecule has 0 spiro atoms. The van der Waals surface area contributed by atoms with Crippen molar-refractivity contribution in [2.24, 2.45) is 23.0 Å². The van der Waals surface area contributed by atoms with Crippen LogP contribution in [0.3, 0.4) is 0 Å². The lowest BCUT2D eigenvalue weighted by atomic mass is 9.81. The summed E-state index contributed by atoms with van der Waals surface area (Å²) in [5, 5.41) is 11.3. The van der Waals surface area contributed by atoms with E-state index >= 15 is 0 Å². The van der Waals surface area contributed by atoms with Gasteiger partial charge in [-0.1, -0.05) is 66.2 Å². The van der Waals surface area contributed by atoms with Crippen LogP contribution in [0.15, 0.2) is 12.4 Å². The number of hydrogen-bond acceptors (Lipinski definition) is 9. The molecule has 0 aromatic carbocycles. The van der Waals surface area contributed by atoms with Crippen molar-refractivity contribution in [3.63, 3.8) is 0 Å². The molecular weight excluding hydrogens is 680 g/mol. The van der Waals surface area contributed by atoms with E-state index in [4.69, 9.17) is 5.73 Å². The number of ketones is 1. The highest BCUT2D eigenvalue weighted by atomic mass is 16.2. The largest absolute Gasteiger partial charge is 0.364 e. The summed E-state index contributed by atoms with van der Waals surface area (Å²) in [6.07, 6.45) is 12.9. The summed E-state index contributed by atoms with van der Waals surface area (Å²) in [5.74, 6) is -4.74. The molecule has 1 unspecified atom stereocenters. The molecule has 1 aromatic heterocycles. The minimum absolute atomic E-state index is 0.00861. The fourth-order valence-corrected chi connectivity index (χ4v) is 8.27. The maximum Gasteiger partial charge on any atom is 0.289 e. The molecule has 290 valence electrons. The van der Waals surface area contributed by atoms with Gasteiger partial charge >= 0.3 is 0 Å². The molecule has 5 rings (SSSR count). The number of nitrogens with zero attached hydrogens (tertiary/aromatic N) is 3. The summed E-state index contributed by atoms with van der Waals surface area (Å²) in [6, 6.07) is -4.28. The van der Waals surface area contributed by atoms with Crippen LogP contribution in [0.2, 0.25) is 0 Å². The summed E-state index contributed by atoms with van der Waals surface area (Å²) >= 11 is 0. The van der Waals surface area contributed by atoms with Crippen LogP contribution in [0.4, 0.5) is 0 Å². The molecule has 4 fully saturated rings. The number of rotatable bonds is 14. The first-order valence-corrected chi connectivity index (χ1v) is 19.4. The third-order valence-electron chi connectivity index (χ3n) is 11.2. The summed E-state index contributed by atoms with van der Waals surface area (Å²) < 4.78 is 0. The Morgan fingerprint density at radius 3 is 2.11 bits per heavy atom. The van der Waals surface area contributed by atoms with Crippen LogP contribution in [0, 0.1) is 17.3 Å². The molecule has 0 radical (unpaired) electrons. The minimum Gasteiger partial charge on any atom is -0.364 e. The Morgan fingerprint density at radius 2 is 1.49 bits per heavy atom. The minimum atomic E-state index is -1.08. The highest BCUT2D eigenvalue weighted by molar-refractivity contribution is 6.38. The standard InChI is InChI=1S/C38H56N8O7/c1-5-11-24(30(47)36(52)42-23-16-17-23)43-33(49)26-20-22-14-9-10-15-25(22)46(26)37(53)31(38(2,3)4)45-34(50)27(21-12-7-6-8-13-21)44-35(51)29-28(32(39)48)40-18-19-41-29/h18-19,21-27,31H,5-17,20H2,1-4H3,(H2,39,48)(H,42,52)(H,43,49)(H,44,51)(H,45,50)/t22-,24-,25-,26-,27?,31+/m0/s1. The van der Waals surface area contributed by atoms with Gasteiger partial charge in [0.15, 0.2) is 11.4 Å². The van der Waals surface area contributed by atoms with E-state index < -0.39 is 70.8 Å². The first-order chi connectivity index (χ1) is 25.2. The number of hydrogen-bond donors (Lipinski definition) is 5. The second kappa shape index (κ2) is 17.1. The molecule has 6 N–H and O–H groups in total. The third kappa shape index (κ3) is 9.58. The maximum atomic E-state index is 14.9. The van der Waals surface area contributed by atoms with Gasteiger partial charge in [-0.15, -0.1) is 0 Å². The lowest BCUT2D eigenvalue weighted by molar-refractivity contribution is -0.147. The van der Waals surface area contributed by atoms with Crippen molar-refractivity contribution in [3.05, 3.63) is 23.8 Å². The fourth-order valence-electron chi connectivity index (χ4n) is 8.27. The van der Waals surface area contributed by atoms with E-state index in [1.54, 1.807) is 4.90 Å². The summed E-state index contributed by atoms with van der Waals surface area (Å²) in [5.41, 5.74) is 4.03. The molecule has 1 aliphatic heterocycles. The number of carbonyl (C=O) groups is 7. The van der Waals surface area contributed by atoms with Crippen molar-refractivity contribution >= 4 is 41.2 Å². The van der Waals surface area contributed by atoms with Gasteiger partial charge in [0.2, 0.25) is 23.5 Å². The number of likely N-dealkylation sites (tertiary alicyclic amines) is 1. The quantitative estimate of drug-likeness (QED) is 0.176. The van der Waals surface area contributed by atoms with Crippen LogP contribution >= 0.6 is 0 Å². The predicted molar refractivity (Wildman–Crippen MR) is 194 cm³/mol. The van der Waals surface area contributed by atoms with Crippen LogP contribution in [0.25, 0.3) is 0 Å². The lowest BCUT2D eigenvalue weighted by Gasteiger charge is -2.40. The van der Waals surface area contributed by atoms with E-state index in [0.29, 0.717) is 32.1 Å². The maximum absolute atomic E-state index is 14.9. The number of Topliss-reactive ketones (excluding diaryl/α,β-unsaturated/α-hetero) is 1. The lowest BCUT2D eigenvalue weighted by Crippen LogP contribution is -2.63. The summed E-state index contributed by atoms with van der Waals surface area (Å²) in [7, 11) is 0. The SMILES string of the molecule is CCC[C@H](NC(=O)[C@@H]1C[C@@H]2CCCC[C@@H]2N1C(=O)[C@@H](NC(=O)C(NC(=O)c1nccnc1C(N)=O)C1CCCCC1)C(C)(C)C)C(=O)C(=O)NC1CC1. The molecule has 3 aliphatic carbocycles. The van der Waals surface area contributed by atoms with Gasteiger partial charge in [-0.2, -0.15) is 0 Å². The first-order valence-electron chi connectivity index (χ1n) is 19.4. The van der Waals surface area contributed by atoms with Crippen LogP contribution in [0.1, 0.15) is 139 Å². The molecule has 3 saturated carbocycles. The second-order valence-corrected chi connectivity index (χ2v) is 16.3. The molecule has 15 heteroatoms.